The van der Waals surface area contributed by atoms with Crippen LogP contribution in [-0.4, -0.2) is 25.7 Å². The zero-order valence-corrected chi connectivity index (χ0v) is 18.8. The van der Waals surface area contributed by atoms with Crippen molar-refractivity contribution in [2.24, 2.45) is 0 Å². The van der Waals surface area contributed by atoms with Gasteiger partial charge in [0.25, 0.3) is 0 Å². The highest BCUT2D eigenvalue weighted by Gasteiger charge is 2.14. The van der Waals surface area contributed by atoms with Crippen molar-refractivity contribution in [3.63, 3.8) is 0 Å². The molecule has 0 bridgehead atoms. The number of esters is 2. The fourth-order valence-corrected chi connectivity index (χ4v) is 2.99. The number of ether oxygens (including phenoxy) is 3. The molecule has 2 rings (SSSR count). The monoisotopic (exact) mass is 471 g/mol. The first-order valence-corrected chi connectivity index (χ1v) is 9.98. The molecule has 0 aliphatic carbocycles. The van der Waals surface area contributed by atoms with Crippen LogP contribution in [0.3, 0.4) is 0 Å². The summed E-state index contributed by atoms with van der Waals surface area (Å²) in [6.45, 7) is 5.78. The van der Waals surface area contributed by atoms with Gasteiger partial charge in [0.05, 0.1) is 7.11 Å². The predicted molar refractivity (Wildman–Crippen MR) is 116 cm³/mol. The van der Waals surface area contributed by atoms with Crippen molar-refractivity contribution in [1.82, 2.24) is 0 Å². The summed E-state index contributed by atoms with van der Waals surface area (Å²) in [4.78, 5) is 23.8. The van der Waals surface area contributed by atoms with E-state index >= 15 is 0 Å². The maximum atomic E-state index is 12.3. The molecular weight excluding hydrogens is 450 g/mol. The molecule has 0 aliphatic rings. The second-order valence-electron chi connectivity index (χ2n) is 6.79. The first-order valence-electron chi connectivity index (χ1n) is 9.18. The molecule has 6 nitrogen and oxygen atoms in total. The second kappa shape index (κ2) is 10.6. The third kappa shape index (κ3) is 6.19. The lowest BCUT2D eigenvalue weighted by molar-refractivity contribution is -0.137. The lowest BCUT2D eigenvalue weighted by Gasteiger charge is -2.15. The second-order valence-corrected chi connectivity index (χ2v) is 7.64. The maximum Gasteiger partial charge on any atom is 0.349 e. The Balaban J connectivity index is 2.10. The molecule has 0 saturated carbocycles. The van der Waals surface area contributed by atoms with Crippen LogP contribution in [0.4, 0.5) is 0 Å². The van der Waals surface area contributed by atoms with Gasteiger partial charge in [-0.15, -0.1) is 0 Å². The van der Waals surface area contributed by atoms with Crippen molar-refractivity contribution < 1.29 is 23.8 Å². The highest BCUT2D eigenvalue weighted by atomic mass is 79.9. The minimum absolute atomic E-state index is 0.156. The van der Waals surface area contributed by atoms with Gasteiger partial charge in [-0.3, -0.25) is 0 Å². The van der Waals surface area contributed by atoms with E-state index in [1.165, 1.54) is 13.2 Å². The van der Waals surface area contributed by atoms with Crippen LogP contribution < -0.4 is 9.47 Å². The normalized spacial score (nSPS) is 11.0. The van der Waals surface area contributed by atoms with Gasteiger partial charge in [-0.05, 0) is 59.9 Å². The van der Waals surface area contributed by atoms with Crippen molar-refractivity contribution in [2.75, 3.05) is 13.7 Å². The van der Waals surface area contributed by atoms with Gasteiger partial charge in [-0.1, -0.05) is 41.9 Å². The van der Waals surface area contributed by atoms with Crippen molar-refractivity contribution in [3.8, 4) is 17.6 Å². The molecule has 0 atom stereocenters. The van der Waals surface area contributed by atoms with Crippen LogP contribution in [-0.2, 0) is 14.3 Å². The highest BCUT2D eigenvalue weighted by Crippen LogP contribution is 2.32. The molecule has 0 heterocycles. The Morgan fingerprint density at radius 3 is 2.60 bits per heavy atom. The van der Waals surface area contributed by atoms with Gasteiger partial charge in [0, 0.05) is 4.47 Å². The molecule has 2 aromatic carbocycles. The molecule has 0 aromatic heterocycles. The van der Waals surface area contributed by atoms with Gasteiger partial charge < -0.3 is 14.2 Å². The molecule has 0 aliphatic heterocycles. The fourth-order valence-electron chi connectivity index (χ4n) is 2.63. The Bertz CT molecular complexity index is 1020. The van der Waals surface area contributed by atoms with E-state index in [4.69, 9.17) is 14.7 Å². The highest BCUT2D eigenvalue weighted by molar-refractivity contribution is 9.10. The van der Waals surface area contributed by atoms with Crippen LogP contribution in [0.5, 0.6) is 11.5 Å². The average molecular weight is 472 g/mol. The molecule has 7 heteroatoms. The minimum atomic E-state index is -0.737. The van der Waals surface area contributed by atoms with Crippen LogP contribution in [0.25, 0.3) is 6.08 Å². The quantitative estimate of drug-likeness (QED) is 0.246. The molecule has 0 N–H and O–H groups in total. The van der Waals surface area contributed by atoms with E-state index in [0.717, 1.165) is 15.6 Å². The van der Waals surface area contributed by atoms with Crippen LogP contribution in [0.15, 0.2) is 46.4 Å². The molecule has 0 radical (unpaired) electrons. The van der Waals surface area contributed by atoms with E-state index < -0.39 is 11.9 Å². The number of hydrogen-bond donors (Lipinski definition) is 0. The number of nitrogens with zero attached hydrogens (tertiary/aromatic N) is 1. The van der Waals surface area contributed by atoms with Crippen LogP contribution in [0, 0.1) is 18.3 Å². The molecule has 0 fully saturated rings. The summed E-state index contributed by atoms with van der Waals surface area (Å²) in [6, 6.07) is 12.1. The summed E-state index contributed by atoms with van der Waals surface area (Å²) in [5.41, 5.74) is 2.35. The van der Waals surface area contributed by atoms with Crippen molar-refractivity contribution >= 4 is 33.9 Å². The lowest BCUT2D eigenvalue weighted by atomic mass is 10.0. The van der Waals surface area contributed by atoms with Gasteiger partial charge in [0.15, 0.2) is 6.61 Å². The number of nitriles is 1. The summed E-state index contributed by atoms with van der Waals surface area (Å²) in [6.07, 6.45) is 1.36. The molecule has 0 amide bonds. The molecule has 30 heavy (non-hydrogen) atoms. The molecule has 0 unspecified atom stereocenters. The van der Waals surface area contributed by atoms with Gasteiger partial charge in [0.1, 0.15) is 23.1 Å². The van der Waals surface area contributed by atoms with E-state index in [9.17, 15) is 9.59 Å². The fraction of sp³-hybridized carbons (Fsp3) is 0.261. The topological polar surface area (TPSA) is 85.6 Å². The zero-order valence-electron chi connectivity index (χ0n) is 17.2. The molecular formula is C23H22BrNO5. The summed E-state index contributed by atoms with van der Waals surface area (Å²) in [5.74, 6) is -0.175. The van der Waals surface area contributed by atoms with E-state index in [1.807, 2.05) is 32.9 Å². The summed E-state index contributed by atoms with van der Waals surface area (Å²) in [5, 5.41) is 9.06. The third-order valence-corrected chi connectivity index (χ3v) is 5.04. The van der Waals surface area contributed by atoms with E-state index in [-0.39, 0.29) is 23.8 Å². The molecule has 0 saturated heterocycles. The molecule has 0 spiro atoms. The summed E-state index contributed by atoms with van der Waals surface area (Å²) >= 11 is 3.51. The van der Waals surface area contributed by atoms with E-state index in [1.54, 1.807) is 30.3 Å². The van der Waals surface area contributed by atoms with Crippen LogP contribution in [0.1, 0.15) is 36.5 Å². The standard InChI is InChI=1S/C23H22BrNO5/c1-14(2)19-11-20(24)15(3)8-21(19)29-13-22(26)30-18-7-5-6-16(10-18)9-17(12-25)23(27)28-4/h5-11,14H,13H2,1-4H3/b17-9+. The van der Waals surface area contributed by atoms with E-state index in [0.29, 0.717) is 11.3 Å². The molecule has 156 valence electrons. The lowest BCUT2D eigenvalue weighted by Crippen LogP contribution is -2.18. The van der Waals surface area contributed by atoms with Crippen LogP contribution >= 0.6 is 15.9 Å². The number of halogens is 1. The minimum Gasteiger partial charge on any atom is -0.482 e. The Morgan fingerprint density at radius 2 is 1.97 bits per heavy atom. The average Bonchev–Trinajstić information content (AvgIpc) is 2.72. The van der Waals surface area contributed by atoms with Crippen molar-refractivity contribution in [2.45, 2.75) is 26.7 Å². The van der Waals surface area contributed by atoms with Crippen molar-refractivity contribution in [3.05, 3.63) is 63.1 Å². The zero-order chi connectivity index (χ0) is 22.3. The number of carbonyl (C=O) groups is 2. The SMILES string of the molecule is COC(=O)/C(C#N)=C/c1cccc(OC(=O)COc2cc(C)c(Br)cc2C(C)C)c1. The van der Waals surface area contributed by atoms with Gasteiger partial charge in [-0.25, -0.2) is 9.59 Å². The van der Waals surface area contributed by atoms with Gasteiger partial charge in [-0.2, -0.15) is 5.26 Å². The first-order chi connectivity index (χ1) is 14.2. The Kier molecular flexibility index (Phi) is 8.19. The number of aryl methyl sites for hydroxylation is 1. The van der Waals surface area contributed by atoms with Crippen molar-refractivity contribution in [1.29, 1.82) is 5.26 Å². The summed E-state index contributed by atoms with van der Waals surface area (Å²) in [7, 11) is 1.20. The third-order valence-electron chi connectivity index (χ3n) is 4.19. The largest absolute Gasteiger partial charge is 0.482 e. The Hall–Kier alpha value is -3.11. The first kappa shape index (κ1) is 23.2. The van der Waals surface area contributed by atoms with Gasteiger partial charge in [0.2, 0.25) is 0 Å². The number of carbonyl (C=O) groups excluding carboxylic acids is 2. The van der Waals surface area contributed by atoms with Gasteiger partial charge >= 0.3 is 11.9 Å². The predicted octanol–water partition coefficient (Wildman–Crippen LogP) is 4.95. The Morgan fingerprint density at radius 1 is 1.23 bits per heavy atom. The number of benzene rings is 2. The Labute approximate surface area is 184 Å². The van der Waals surface area contributed by atoms with Crippen LogP contribution in [0.2, 0.25) is 0 Å². The van der Waals surface area contributed by atoms with E-state index in [2.05, 4.69) is 20.7 Å². The smallest absolute Gasteiger partial charge is 0.349 e. The molecule has 2 aromatic rings. The number of hydrogen-bond acceptors (Lipinski definition) is 6. The summed E-state index contributed by atoms with van der Waals surface area (Å²) < 4.78 is 16.6. The maximum absolute atomic E-state index is 12.3. The number of methoxy groups -OCH3 is 1. The number of rotatable bonds is 7.